The van der Waals surface area contributed by atoms with Gasteiger partial charge in [-0.25, -0.2) is 4.39 Å². The van der Waals surface area contributed by atoms with Crippen molar-refractivity contribution in [2.75, 3.05) is 37.8 Å². The lowest BCUT2D eigenvalue weighted by atomic mass is 10.1. The van der Waals surface area contributed by atoms with E-state index >= 15 is 0 Å². The standard InChI is InChI=1S/C23H21FN2O5/c1-15(27)26-19-5-3-2-4-17(19)23(29)20(26)13-16-6-7-21(18(24)12-16)31-14-22(28)25-8-10-30-11-9-25/h2-7,12-13H,8-11,14H2,1H3. The van der Waals surface area contributed by atoms with Crippen LogP contribution in [0.1, 0.15) is 22.8 Å². The van der Waals surface area contributed by atoms with Crippen LogP contribution in [0.5, 0.6) is 5.75 Å². The highest BCUT2D eigenvalue weighted by Crippen LogP contribution is 2.35. The molecule has 0 spiro atoms. The van der Waals surface area contributed by atoms with Crippen molar-refractivity contribution in [3.8, 4) is 5.75 Å². The van der Waals surface area contributed by atoms with Gasteiger partial charge in [0.05, 0.1) is 24.6 Å². The number of carbonyl (C=O) groups excluding carboxylic acids is 3. The van der Waals surface area contributed by atoms with Gasteiger partial charge in [0.15, 0.2) is 18.2 Å². The Kier molecular flexibility index (Phi) is 5.81. The Balaban J connectivity index is 1.51. The van der Waals surface area contributed by atoms with Crippen LogP contribution in [0, 0.1) is 5.82 Å². The van der Waals surface area contributed by atoms with Crippen molar-refractivity contribution in [3.05, 3.63) is 65.1 Å². The molecule has 0 unspecified atom stereocenters. The molecule has 2 amide bonds. The topological polar surface area (TPSA) is 76.2 Å². The van der Waals surface area contributed by atoms with Gasteiger partial charge in [0, 0.05) is 25.6 Å². The van der Waals surface area contributed by atoms with E-state index in [9.17, 15) is 18.8 Å². The molecule has 1 saturated heterocycles. The Morgan fingerprint density at radius 2 is 1.90 bits per heavy atom. The zero-order chi connectivity index (χ0) is 22.0. The third kappa shape index (κ3) is 4.20. The summed E-state index contributed by atoms with van der Waals surface area (Å²) < 4.78 is 25.1. The fourth-order valence-corrected chi connectivity index (χ4v) is 3.62. The van der Waals surface area contributed by atoms with Crippen molar-refractivity contribution < 1.29 is 28.2 Å². The average molecular weight is 424 g/mol. The molecule has 31 heavy (non-hydrogen) atoms. The van der Waals surface area contributed by atoms with Crippen molar-refractivity contribution in [1.82, 2.24) is 4.90 Å². The van der Waals surface area contributed by atoms with Gasteiger partial charge in [-0.15, -0.1) is 0 Å². The monoisotopic (exact) mass is 424 g/mol. The summed E-state index contributed by atoms with van der Waals surface area (Å²) in [5, 5.41) is 0. The average Bonchev–Trinajstić information content (AvgIpc) is 3.05. The van der Waals surface area contributed by atoms with Crippen molar-refractivity contribution in [2.24, 2.45) is 0 Å². The number of fused-ring (bicyclic) bond motifs is 1. The minimum Gasteiger partial charge on any atom is -0.481 e. The number of morpholine rings is 1. The Labute approximate surface area is 178 Å². The number of benzene rings is 2. The molecule has 0 bridgehead atoms. The molecule has 0 N–H and O–H groups in total. The van der Waals surface area contributed by atoms with E-state index in [1.807, 2.05) is 0 Å². The third-order valence-electron chi connectivity index (χ3n) is 5.15. The SMILES string of the molecule is CC(=O)N1C(=Cc2ccc(OCC(=O)N3CCOCC3)c(F)c2)C(=O)c2ccccc21. The molecule has 2 aromatic carbocycles. The van der Waals surface area contributed by atoms with Crippen LogP contribution in [0.3, 0.4) is 0 Å². The summed E-state index contributed by atoms with van der Waals surface area (Å²) in [6.07, 6.45) is 1.47. The zero-order valence-electron chi connectivity index (χ0n) is 17.0. The van der Waals surface area contributed by atoms with Gasteiger partial charge in [0.1, 0.15) is 0 Å². The highest BCUT2D eigenvalue weighted by molar-refractivity contribution is 6.26. The van der Waals surface area contributed by atoms with Gasteiger partial charge in [-0.1, -0.05) is 18.2 Å². The maximum atomic E-state index is 14.6. The quantitative estimate of drug-likeness (QED) is 0.706. The van der Waals surface area contributed by atoms with E-state index in [0.717, 1.165) is 0 Å². The minimum absolute atomic E-state index is 0.0618. The smallest absolute Gasteiger partial charge is 0.260 e. The van der Waals surface area contributed by atoms with E-state index < -0.39 is 5.82 Å². The Morgan fingerprint density at radius 3 is 2.61 bits per heavy atom. The number of anilines is 1. The second-order valence-electron chi connectivity index (χ2n) is 7.20. The molecule has 0 aromatic heterocycles. The molecule has 0 radical (unpaired) electrons. The van der Waals surface area contributed by atoms with Crippen LogP contribution in [0.25, 0.3) is 6.08 Å². The fourth-order valence-electron chi connectivity index (χ4n) is 3.62. The summed E-state index contributed by atoms with van der Waals surface area (Å²) >= 11 is 0. The summed E-state index contributed by atoms with van der Waals surface area (Å²) in [5.41, 5.74) is 1.48. The normalized spacial score (nSPS) is 17.1. The van der Waals surface area contributed by atoms with Gasteiger partial charge in [0.25, 0.3) is 5.91 Å². The van der Waals surface area contributed by atoms with E-state index in [-0.39, 0.29) is 35.7 Å². The van der Waals surface area contributed by atoms with Gasteiger partial charge >= 0.3 is 0 Å². The molecule has 1 fully saturated rings. The Hall–Kier alpha value is -3.52. The number of ether oxygens (including phenoxy) is 2. The van der Waals surface area contributed by atoms with Crippen LogP contribution < -0.4 is 9.64 Å². The van der Waals surface area contributed by atoms with Gasteiger partial charge in [-0.3, -0.25) is 19.3 Å². The highest BCUT2D eigenvalue weighted by Gasteiger charge is 2.34. The number of allylic oxidation sites excluding steroid dienone is 1. The predicted molar refractivity (Wildman–Crippen MR) is 111 cm³/mol. The third-order valence-corrected chi connectivity index (χ3v) is 5.15. The largest absolute Gasteiger partial charge is 0.481 e. The predicted octanol–water partition coefficient (Wildman–Crippen LogP) is 2.65. The first-order valence-electron chi connectivity index (χ1n) is 9.89. The highest BCUT2D eigenvalue weighted by atomic mass is 19.1. The fraction of sp³-hybridized carbons (Fsp3) is 0.261. The van der Waals surface area contributed by atoms with Crippen molar-refractivity contribution in [1.29, 1.82) is 0 Å². The molecule has 8 heteroatoms. The molecule has 0 saturated carbocycles. The number of para-hydroxylation sites is 1. The van der Waals surface area contributed by atoms with Crippen LogP contribution in [0.2, 0.25) is 0 Å². The second kappa shape index (κ2) is 8.69. The van der Waals surface area contributed by atoms with Gasteiger partial charge in [-0.2, -0.15) is 0 Å². The van der Waals surface area contributed by atoms with Crippen LogP contribution in [0.15, 0.2) is 48.2 Å². The number of nitrogens with zero attached hydrogens (tertiary/aromatic N) is 2. The zero-order valence-corrected chi connectivity index (χ0v) is 17.0. The summed E-state index contributed by atoms with van der Waals surface area (Å²) in [5.74, 6) is -1.58. The number of halogens is 1. The number of amides is 2. The van der Waals surface area contributed by atoms with Crippen LogP contribution >= 0.6 is 0 Å². The number of carbonyl (C=O) groups is 3. The van der Waals surface area contributed by atoms with E-state index in [0.29, 0.717) is 43.1 Å². The number of hydrogen-bond acceptors (Lipinski definition) is 5. The summed E-state index contributed by atoms with van der Waals surface area (Å²) in [6, 6.07) is 11.0. The number of Topliss-reactive ketones (excluding diaryl/α,β-unsaturated/α-hetero) is 1. The molecule has 2 aliphatic rings. The van der Waals surface area contributed by atoms with Gasteiger partial charge in [0.2, 0.25) is 11.7 Å². The maximum absolute atomic E-state index is 14.6. The molecule has 0 atom stereocenters. The lowest BCUT2D eigenvalue weighted by Gasteiger charge is -2.26. The Morgan fingerprint density at radius 1 is 1.16 bits per heavy atom. The molecular formula is C23H21FN2O5. The van der Waals surface area contributed by atoms with Crippen LogP contribution in [-0.2, 0) is 14.3 Å². The first-order chi connectivity index (χ1) is 15.0. The van der Waals surface area contributed by atoms with Gasteiger partial charge < -0.3 is 14.4 Å². The first kappa shape index (κ1) is 20.7. The number of rotatable bonds is 4. The van der Waals surface area contributed by atoms with E-state index in [2.05, 4.69) is 0 Å². The molecule has 4 rings (SSSR count). The van der Waals surface area contributed by atoms with Crippen molar-refractivity contribution in [2.45, 2.75) is 6.92 Å². The van der Waals surface area contributed by atoms with E-state index in [1.165, 1.54) is 30.0 Å². The van der Waals surface area contributed by atoms with Crippen LogP contribution in [0.4, 0.5) is 10.1 Å². The lowest BCUT2D eigenvalue weighted by molar-refractivity contribution is -0.137. The van der Waals surface area contributed by atoms with E-state index in [4.69, 9.17) is 9.47 Å². The second-order valence-corrected chi connectivity index (χ2v) is 7.20. The number of hydrogen-bond donors (Lipinski definition) is 0. The summed E-state index contributed by atoms with van der Waals surface area (Å²) in [4.78, 5) is 40.0. The van der Waals surface area contributed by atoms with Crippen molar-refractivity contribution >= 4 is 29.4 Å². The van der Waals surface area contributed by atoms with Crippen molar-refractivity contribution in [3.63, 3.8) is 0 Å². The van der Waals surface area contributed by atoms with E-state index in [1.54, 1.807) is 35.2 Å². The maximum Gasteiger partial charge on any atom is 0.260 e. The molecule has 0 aliphatic carbocycles. The first-order valence-corrected chi connectivity index (χ1v) is 9.89. The molecule has 2 aliphatic heterocycles. The minimum atomic E-state index is -0.665. The molecule has 2 aromatic rings. The lowest BCUT2D eigenvalue weighted by Crippen LogP contribution is -2.43. The number of ketones is 1. The summed E-state index contributed by atoms with van der Waals surface area (Å²) in [7, 11) is 0. The molecule has 160 valence electrons. The molecule has 7 nitrogen and oxygen atoms in total. The molecular weight excluding hydrogens is 403 g/mol. The molecule has 2 heterocycles. The van der Waals surface area contributed by atoms with Crippen LogP contribution in [-0.4, -0.2) is 55.4 Å². The Bertz CT molecular complexity index is 1080. The van der Waals surface area contributed by atoms with Gasteiger partial charge in [-0.05, 0) is 35.9 Å². The summed E-state index contributed by atoms with van der Waals surface area (Å²) in [6.45, 7) is 3.02.